The monoisotopic (exact) mass is 267 g/mol. The van der Waals surface area contributed by atoms with Crippen molar-refractivity contribution in [3.05, 3.63) is 34.9 Å². The van der Waals surface area contributed by atoms with E-state index in [-0.39, 0.29) is 10.8 Å². The minimum Gasteiger partial charge on any atom is -0.242 e. The number of aryl methyl sites for hydroxylation is 2. The molecule has 0 fully saturated rings. The minimum atomic E-state index is -1.03. The molecule has 2 unspecified atom stereocenters. The van der Waals surface area contributed by atoms with Crippen molar-refractivity contribution in [1.29, 1.82) is 0 Å². The van der Waals surface area contributed by atoms with Gasteiger partial charge in [0.15, 0.2) is 0 Å². The molecule has 0 aromatic heterocycles. The number of nitrogens with one attached hydrogen (secondary N) is 1. The van der Waals surface area contributed by atoms with Crippen molar-refractivity contribution in [1.82, 2.24) is 4.72 Å². The summed E-state index contributed by atoms with van der Waals surface area (Å²) >= 11 is 0. The number of hydrogen-bond donors (Lipinski definition) is 1. The molecule has 1 N–H and O–H groups in total. The third-order valence-electron chi connectivity index (χ3n) is 3.02. The van der Waals surface area contributed by atoms with Crippen molar-refractivity contribution < 1.29 is 4.21 Å². The molecule has 0 amide bonds. The summed E-state index contributed by atoms with van der Waals surface area (Å²) in [7, 11) is -1.03. The fourth-order valence-electron chi connectivity index (χ4n) is 1.81. The van der Waals surface area contributed by atoms with Gasteiger partial charge in [0, 0.05) is 6.04 Å². The summed E-state index contributed by atoms with van der Waals surface area (Å²) in [5, 5.41) is 0. The molecule has 0 saturated heterocycles. The van der Waals surface area contributed by atoms with Gasteiger partial charge in [0.2, 0.25) is 0 Å². The van der Waals surface area contributed by atoms with Crippen LogP contribution in [0.25, 0.3) is 0 Å². The summed E-state index contributed by atoms with van der Waals surface area (Å²) in [4.78, 5) is 0. The predicted molar refractivity (Wildman–Crippen MR) is 80.0 cm³/mol. The maximum Gasteiger partial charge on any atom is 0.0975 e. The van der Waals surface area contributed by atoms with Crippen LogP contribution in [-0.2, 0) is 11.0 Å². The zero-order valence-electron chi connectivity index (χ0n) is 12.3. The van der Waals surface area contributed by atoms with Gasteiger partial charge in [-0.2, -0.15) is 0 Å². The van der Waals surface area contributed by atoms with E-state index in [4.69, 9.17) is 0 Å². The van der Waals surface area contributed by atoms with Crippen LogP contribution in [0.5, 0.6) is 0 Å². The van der Waals surface area contributed by atoms with Crippen molar-refractivity contribution in [3.8, 4) is 0 Å². The molecule has 1 rings (SSSR count). The lowest BCUT2D eigenvalue weighted by molar-refractivity contribution is 0.587. The van der Waals surface area contributed by atoms with Gasteiger partial charge in [-0.15, -0.1) is 0 Å². The van der Waals surface area contributed by atoms with Crippen LogP contribution in [-0.4, -0.2) is 8.96 Å². The van der Waals surface area contributed by atoms with Gasteiger partial charge >= 0.3 is 0 Å². The highest BCUT2D eigenvalue weighted by Crippen LogP contribution is 2.24. The van der Waals surface area contributed by atoms with Crippen molar-refractivity contribution >= 4 is 11.0 Å². The first-order valence-corrected chi connectivity index (χ1v) is 7.66. The molecule has 18 heavy (non-hydrogen) atoms. The highest BCUT2D eigenvalue weighted by Gasteiger charge is 2.23. The van der Waals surface area contributed by atoms with E-state index in [2.05, 4.69) is 43.7 Å². The summed E-state index contributed by atoms with van der Waals surface area (Å²) in [6.07, 6.45) is 0.937. The predicted octanol–water partition coefficient (Wildman–Crippen LogP) is 3.81. The smallest absolute Gasteiger partial charge is 0.0975 e. The molecule has 1 aromatic carbocycles. The van der Waals surface area contributed by atoms with Crippen molar-refractivity contribution in [2.45, 2.75) is 58.8 Å². The number of rotatable bonds is 4. The Morgan fingerprint density at radius 3 is 2.39 bits per heavy atom. The molecular weight excluding hydrogens is 242 g/mol. The average Bonchev–Trinajstić information content (AvgIpc) is 2.28. The molecule has 0 aliphatic heterocycles. The fraction of sp³-hybridized carbons (Fsp3) is 0.600. The van der Waals surface area contributed by atoms with Gasteiger partial charge in [0.25, 0.3) is 0 Å². The Balaban J connectivity index is 2.97. The van der Waals surface area contributed by atoms with Crippen LogP contribution in [0.2, 0.25) is 0 Å². The Morgan fingerprint density at radius 1 is 1.28 bits per heavy atom. The minimum absolute atomic E-state index is 0.157. The van der Waals surface area contributed by atoms with E-state index in [9.17, 15) is 4.21 Å². The van der Waals surface area contributed by atoms with E-state index in [0.29, 0.717) is 0 Å². The Kier molecular flexibility index (Phi) is 5.11. The van der Waals surface area contributed by atoms with E-state index in [1.807, 2.05) is 20.8 Å². The molecule has 102 valence electrons. The van der Waals surface area contributed by atoms with Gasteiger partial charge in [0.05, 0.1) is 15.7 Å². The quantitative estimate of drug-likeness (QED) is 0.883. The lowest BCUT2D eigenvalue weighted by atomic mass is 9.98. The number of hydrogen-bond acceptors (Lipinski definition) is 1. The Bertz CT molecular complexity index is 435. The Morgan fingerprint density at radius 2 is 1.89 bits per heavy atom. The Labute approximate surface area is 114 Å². The highest BCUT2D eigenvalue weighted by atomic mass is 32.2. The zero-order valence-corrected chi connectivity index (χ0v) is 13.1. The summed E-state index contributed by atoms with van der Waals surface area (Å²) in [6, 6.07) is 6.60. The molecule has 2 atom stereocenters. The maximum absolute atomic E-state index is 12.2. The van der Waals surface area contributed by atoms with Gasteiger partial charge in [-0.1, -0.05) is 30.7 Å². The second-order valence-corrected chi connectivity index (χ2v) is 7.82. The van der Waals surface area contributed by atoms with Crippen LogP contribution in [0, 0.1) is 13.8 Å². The van der Waals surface area contributed by atoms with Crippen LogP contribution >= 0.6 is 0 Å². The molecule has 0 bridgehead atoms. The molecule has 3 heteroatoms. The molecule has 1 aromatic rings. The van der Waals surface area contributed by atoms with Crippen LogP contribution in [0.4, 0.5) is 0 Å². The maximum atomic E-state index is 12.2. The topological polar surface area (TPSA) is 29.1 Å². The fourth-order valence-corrected chi connectivity index (χ4v) is 2.71. The SMILES string of the molecule is CCC(NS(=O)C(C)(C)C)c1cc(C)ccc1C. The standard InChI is InChI=1S/C15H25NOS/c1-7-14(16-18(17)15(4,5)6)13-10-11(2)8-9-12(13)3/h8-10,14,16H,7H2,1-6H3. The summed E-state index contributed by atoms with van der Waals surface area (Å²) in [6.45, 7) is 12.3. The molecular formula is C15H25NOS. The molecule has 0 radical (unpaired) electrons. The van der Waals surface area contributed by atoms with E-state index in [1.54, 1.807) is 0 Å². The van der Waals surface area contributed by atoms with Crippen LogP contribution < -0.4 is 4.72 Å². The Hall–Kier alpha value is -0.670. The third kappa shape index (κ3) is 3.92. The summed E-state index contributed by atoms with van der Waals surface area (Å²) in [5.41, 5.74) is 3.76. The molecule has 0 aliphatic rings. The first-order chi connectivity index (χ1) is 8.25. The molecule has 0 heterocycles. The van der Waals surface area contributed by atoms with Gasteiger partial charge in [-0.25, -0.2) is 8.93 Å². The molecule has 0 aliphatic carbocycles. The van der Waals surface area contributed by atoms with Crippen molar-refractivity contribution in [2.24, 2.45) is 0 Å². The molecule has 2 nitrogen and oxygen atoms in total. The largest absolute Gasteiger partial charge is 0.242 e. The van der Waals surface area contributed by atoms with Gasteiger partial charge in [-0.3, -0.25) is 0 Å². The lowest BCUT2D eigenvalue weighted by Crippen LogP contribution is -2.35. The van der Waals surface area contributed by atoms with Crippen LogP contribution in [0.1, 0.15) is 56.8 Å². The molecule has 0 saturated carbocycles. The van der Waals surface area contributed by atoms with Crippen LogP contribution in [0.15, 0.2) is 18.2 Å². The summed E-state index contributed by atoms with van der Waals surface area (Å²) in [5.74, 6) is 0. The first kappa shape index (κ1) is 15.4. The van der Waals surface area contributed by atoms with Crippen LogP contribution in [0.3, 0.4) is 0 Å². The van der Waals surface area contributed by atoms with E-state index in [0.717, 1.165) is 6.42 Å². The van der Waals surface area contributed by atoms with Gasteiger partial charge in [0.1, 0.15) is 0 Å². The average molecular weight is 267 g/mol. The van der Waals surface area contributed by atoms with Gasteiger partial charge < -0.3 is 0 Å². The lowest BCUT2D eigenvalue weighted by Gasteiger charge is -2.25. The van der Waals surface area contributed by atoms with E-state index >= 15 is 0 Å². The molecule has 0 spiro atoms. The van der Waals surface area contributed by atoms with Crippen molar-refractivity contribution in [3.63, 3.8) is 0 Å². The van der Waals surface area contributed by atoms with E-state index in [1.165, 1.54) is 16.7 Å². The third-order valence-corrected chi connectivity index (χ3v) is 4.63. The van der Waals surface area contributed by atoms with Crippen molar-refractivity contribution in [2.75, 3.05) is 0 Å². The second kappa shape index (κ2) is 5.98. The summed E-state index contributed by atoms with van der Waals surface area (Å²) < 4.78 is 15.2. The zero-order chi connectivity index (χ0) is 13.9. The normalized spacial score (nSPS) is 15.4. The number of benzene rings is 1. The van der Waals surface area contributed by atoms with E-state index < -0.39 is 11.0 Å². The highest BCUT2D eigenvalue weighted by molar-refractivity contribution is 7.84. The second-order valence-electron chi connectivity index (χ2n) is 5.82. The van der Waals surface area contributed by atoms with Gasteiger partial charge in [-0.05, 0) is 52.2 Å². The first-order valence-electron chi connectivity index (χ1n) is 6.51.